The van der Waals surface area contributed by atoms with E-state index >= 15 is 0 Å². The Hall–Kier alpha value is -3.08. The van der Waals surface area contributed by atoms with Crippen LogP contribution in [0.25, 0.3) is 11.0 Å². The maximum Gasteiger partial charge on any atom is 0.347 e. The number of aryl methyl sites for hydroxylation is 2. The Morgan fingerprint density at radius 3 is 2.58 bits per heavy atom. The molecule has 0 spiro atoms. The molecular formula is C21H20O5. The molecule has 0 unspecified atom stereocenters. The van der Waals surface area contributed by atoms with Crippen molar-refractivity contribution in [3.8, 4) is 5.75 Å². The minimum atomic E-state index is -0.757. The van der Waals surface area contributed by atoms with E-state index in [4.69, 9.17) is 13.9 Å². The lowest BCUT2D eigenvalue weighted by molar-refractivity contribution is -0.152. The number of ether oxygens (including phenoxy) is 2. The molecule has 134 valence electrons. The summed E-state index contributed by atoms with van der Waals surface area (Å²) in [4.78, 5) is 24.1. The summed E-state index contributed by atoms with van der Waals surface area (Å²) in [6.07, 6.45) is -0.757. The van der Waals surface area contributed by atoms with Gasteiger partial charge in [-0.2, -0.15) is 0 Å². The molecule has 0 saturated heterocycles. The standard InChI is InChI=1S/C21H20O5/c1-13-9-10-18-16(11-19(22)26-20(18)14(13)2)12-24-21(23)15(3)25-17-7-5-4-6-8-17/h4-11,15H,12H2,1-3H3/t15-/m1/s1. The lowest BCUT2D eigenvalue weighted by Crippen LogP contribution is -2.26. The van der Waals surface area contributed by atoms with Crippen LogP contribution in [-0.4, -0.2) is 12.1 Å². The van der Waals surface area contributed by atoms with Gasteiger partial charge in [-0.1, -0.05) is 30.3 Å². The first-order valence-corrected chi connectivity index (χ1v) is 8.37. The summed E-state index contributed by atoms with van der Waals surface area (Å²) in [6, 6.07) is 14.2. The van der Waals surface area contributed by atoms with Gasteiger partial charge in [-0.25, -0.2) is 9.59 Å². The molecule has 0 bridgehead atoms. The van der Waals surface area contributed by atoms with Crippen molar-refractivity contribution in [2.75, 3.05) is 0 Å². The first-order chi connectivity index (χ1) is 12.5. The first-order valence-electron chi connectivity index (χ1n) is 8.37. The minimum Gasteiger partial charge on any atom is -0.479 e. The third-order valence-electron chi connectivity index (χ3n) is 4.28. The van der Waals surface area contributed by atoms with Gasteiger partial charge in [0.05, 0.1) is 0 Å². The Bertz CT molecular complexity index is 988. The summed E-state index contributed by atoms with van der Waals surface area (Å²) >= 11 is 0. The van der Waals surface area contributed by atoms with Gasteiger partial charge in [0.2, 0.25) is 0 Å². The van der Waals surface area contributed by atoms with Crippen molar-refractivity contribution in [3.63, 3.8) is 0 Å². The van der Waals surface area contributed by atoms with E-state index in [-0.39, 0.29) is 6.61 Å². The highest BCUT2D eigenvalue weighted by atomic mass is 16.6. The van der Waals surface area contributed by atoms with Crippen LogP contribution in [0.3, 0.4) is 0 Å². The van der Waals surface area contributed by atoms with Crippen LogP contribution in [0.1, 0.15) is 23.6 Å². The number of fused-ring (bicyclic) bond motifs is 1. The molecule has 5 nitrogen and oxygen atoms in total. The summed E-state index contributed by atoms with van der Waals surface area (Å²) in [5, 5.41) is 0.761. The Balaban J connectivity index is 1.76. The summed E-state index contributed by atoms with van der Waals surface area (Å²) in [6.45, 7) is 5.45. The molecule has 3 aromatic rings. The van der Waals surface area contributed by atoms with Crippen molar-refractivity contribution in [3.05, 3.63) is 75.6 Å². The van der Waals surface area contributed by atoms with Crippen molar-refractivity contribution >= 4 is 16.9 Å². The molecule has 0 aliphatic carbocycles. The van der Waals surface area contributed by atoms with Gasteiger partial charge < -0.3 is 13.9 Å². The van der Waals surface area contributed by atoms with Gasteiger partial charge in [0.15, 0.2) is 6.10 Å². The monoisotopic (exact) mass is 352 g/mol. The Morgan fingerprint density at radius 1 is 1.12 bits per heavy atom. The van der Waals surface area contributed by atoms with Crippen molar-refractivity contribution in [1.29, 1.82) is 0 Å². The Labute approximate surface area is 151 Å². The molecule has 0 N–H and O–H groups in total. The van der Waals surface area contributed by atoms with Crippen LogP contribution < -0.4 is 10.4 Å². The summed E-state index contributed by atoms with van der Waals surface area (Å²) in [5.41, 5.74) is 2.59. The zero-order valence-corrected chi connectivity index (χ0v) is 14.9. The topological polar surface area (TPSA) is 65.7 Å². The lowest BCUT2D eigenvalue weighted by atomic mass is 10.0. The number of esters is 1. The molecule has 0 radical (unpaired) electrons. The van der Waals surface area contributed by atoms with Gasteiger partial charge in [0.25, 0.3) is 0 Å². The SMILES string of the molecule is Cc1ccc2c(COC(=O)[C@@H](C)Oc3ccccc3)cc(=O)oc2c1C. The van der Waals surface area contributed by atoms with E-state index in [0.717, 1.165) is 16.5 Å². The predicted octanol–water partition coefficient (Wildman–Crippen LogP) is 3.92. The Morgan fingerprint density at radius 2 is 1.85 bits per heavy atom. The Kier molecular flexibility index (Phi) is 5.07. The van der Waals surface area contributed by atoms with E-state index in [0.29, 0.717) is 16.9 Å². The highest BCUT2D eigenvalue weighted by Gasteiger charge is 2.18. The number of benzene rings is 2. The van der Waals surface area contributed by atoms with Gasteiger partial charge in [-0.3, -0.25) is 0 Å². The second-order valence-corrected chi connectivity index (χ2v) is 6.16. The van der Waals surface area contributed by atoms with Crippen molar-refractivity contribution in [2.45, 2.75) is 33.5 Å². The molecule has 2 aromatic carbocycles. The maximum atomic E-state index is 12.2. The average molecular weight is 352 g/mol. The molecule has 0 aliphatic rings. The molecule has 3 rings (SSSR count). The van der Waals surface area contributed by atoms with E-state index in [1.54, 1.807) is 19.1 Å². The minimum absolute atomic E-state index is 0.0219. The highest BCUT2D eigenvalue weighted by Crippen LogP contribution is 2.24. The normalized spacial score (nSPS) is 12.0. The van der Waals surface area contributed by atoms with Crippen molar-refractivity contribution < 1.29 is 18.7 Å². The summed E-state index contributed by atoms with van der Waals surface area (Å²) in [7, 11) is 0. The van der Waals surface area contributed by atoms with Crippen LogP contribution in [-0.2, 0) is 16.1 Å². The third kappa shape index (κ3) is 3.77. The molecule has 0 saturated carbocycles. The number of carbonyl (C=O) groups is 1. The van der Waals surface area contributed by atoms with Crippen LogP contribution in [0.15, 0.2) is 57.7 Å². The molecule has 0 aliphatic heterocycles. The fourth-order valence-electron chi connectivity index (χ4n) is 2.66. The molecule has 0 amide bonds. The molecule has 1 heterocycles. The number of hydrogen-bond donors (Lipinski definition) is 0. The second-order valence-electron chi connectivity index (χ2n) is 6.16. The van der Waals surface area contributed by atoms with Gasteiger partial charge in [-0.05, 0) is 44.0 Å². The van der Waals surface area contributed by atoms with E-state index in [9.17, 15) is 9.59 Å². The van der Waals surface area contributed by atoms with E-state index in [2.05, 4.69) is 0 Å². The quantitative estimate of drug-likeness (QED) is 0.514. The number of rotatable bonds is 5. The molecule has 26 heavy (non-hydrogen) atoms. The zero-order chi connectivity index (χ0) is 18.7. The lowest BCUT2D eigenvalue weighted by Gasteiger charge is -2.14. The van der Waals surface area contributed by atoms with Gasteiger partial charge in [0, 0.05) is 17.0 Å². The van der Waals surface area contributed by atoms with Crippen molar-refractivity contribution in [1.82, 2.24) is 0 Å². The zero-order valence-electron chi connectivity index (χ0n) is 14.9. The van der Waals surface area contributed by atoms with E-state index in [1.807, 2.05) is 44.2 Å². The maximum absolute atomic E-state index is 12.2. The molecule has 1 atom stereocenters. The van der Waals surface area contributed by atoms with E-state index in [1.165, 1.54) is 6.07 Å². The van der Waals surface area contributed by atoms with Crippen molar-refractivity contribution in [2.24, 2.45) is 0 Å². The van der Waals surface area contributed by atoms with Gasteiger partial charge in [-0.15, -0.1) is 0 Å². The van der Waals surface area contributed by atoms with Crippen LogP contribution in [0.2, 0.25) is 0 Å². The molecule has 0 fully saturated rings. The third-order valence-corrected chi connectivity index (χ3v) is 4.28. The first kappa shape index (κ1) is 17.7. The van der Waals surface area contributed by atoms with Crippen LogP contribution in [0.4, 0.5) is 0 Å². The van der Waals surface area contributed by atoms with Gasteiger partial charge in [0.1, 0.15) is 17.9 Å². The fourth-order valence-corrected chi connectivity index (χ4v) is 2.66. The largest absolute Gasteiger partial charge is 0.479 e. The fraction of sp³-hybridized carbons (Fsp3) is 0.238. The van der Waals surface area contributed by atoms with Gasteiger partial charge >= 0.3 is 11.6 Å². The number of hydrogen-bond acceptors (Lipinski definition) is 5. The highest BCUT2D eigenvalue weighted by molar-refractivity contribution is 5.84. The molecular weight excluding hydrogens is 332 g/mol. The number of carbonyl (C=O) groups excluding carboxylic acids is 1. The smallest absolute Gasteiger partial charge is 0.347 e. The molecule has 1 aromatic heterocycles. The predicted molar refractivity (Wildman–Crippen MR) is 98.3 cm³/mol. The molecule has 5 heteroatoms. The summed E-state index contributed by atoms with van der Waals surface area (Å²) in [5.74, 6) is 0.0907. The summed E-state index contributed by atoms with van der Waals surface area (Å²) < 4.78 is 16.2. The number of para-hydroxylation sites is 1. The van der Waals surface area contributed by atoms with Crippen LogP contribution in [0.5, 0.6) is 5.75 Å². The average Bonchev–Trinajstić information content (AvgIpc) is 2.63. The second kappa shape index (κ2) is 7.44. The van der Waals surface area contributed by atoms with Crippen LogP contribution >= 0.6 is 0 Å². The van der Waals surface area contributed by atoms with Crippen LogP contribution in [0, 0.1) is 13.8 Å². The van der Waals surface area contributed by atoms with E-state index < -0.39 is 17.7 Å².